The summed E-state index contributed by atoms with van der Waals surface area (Å²) in [4.78, 5) is 20.3. The topological polar surface area (TPSA) is 85.4 Å². The zero-order valence-electron chi connectivity index (χ0n) is 7.01. The summed E-state index contributed by atoms with van der Waals surface area (Å²) < 4.78 is 1.14. The number of carbonyl (C=O) groups is 1. The highest BCUT2D eigenvalue weighted by atomic mass is 16.6. The Labute approximate surface area is 78.9 Å². The lowest BCUT2D eigenvalue weighted by molar-refractivity contribution is -0.384. The summed E-state index contributed by atoms with van der Waals surface area (Å²) in [7, 11) is 0. The largest absolute Gasteiger partial charge is 0.477 e. The van der Waals surface area contributed by atoms with Gasteiger partial charge in [-0.05, 0) is 0 Å². The molecule has 1 heterocycles. The van der Waals surface area contributed by atoms with Gasteiger partial charge in [0.2, 0.25) is 0 Å². The Hall–Kier alpha value is -2.29. The normalized spacial score (nSPS) is 9.36. The molecular formula is C8H6N2O4. The Morgan fingerprint density at radius 3 is 2.86 bits per heavy atom. The molecule has 0 fully saturated rings. The smallest absolute Gasteiger partial charge is 0.352 e. The van der Waals surface area contributed by atoms with Crippen LogP contribution in [0.4, 0.5) is 5.69 Å². The molecule has 1 N–H and O–H groups in total. The number of rotatable bonds is 3. The predicted molar refractivity (Wildman–Crippen MR) is 46.9 cm³/mol. The number of terminal acetylenes is 1. The minimum atomic E-state index is -1.24. The van der Waals surface area contributed by atoms with E-state index < -0.39 is 10.9 Å². The number of aromatic nitrogens is 1. The van der Waals surface area contributed by atoms with Gasteiger partial charge in [-0.15, -0.1) is 6.42 Å². The molecule has 0 saturated heterocycles. The molecule has 1 aromatic heterocycles. The molecule has 1 rings (SSSR count). The molecular weight excluding hydrogens is 188 g/mol. The average molecular weight is 194 g/mol. The standard InChI is InChI=1S/C8H6N2O4/c1-2-3-9-5-6(10(13)14)4-7(9)8(11)12/h1,4-5H,3H2,(H,11,12). The molecule has 0 atom stereocenters. The summed E-state index contributed by atoms with van der Waals surface area (Å²) in [5, 5.41) is 19.0. The first-order valence-electron chi connectivity index (χ1n) is 3.57. The first-order chi connectivity index (χ1) is 6.56. The Kier molecular flexibility index (Phi) is 2.53. The molecule has 1 aromatic rings. The Balaban J connectivity index is 3.20. The van der Waals surface area contributed by atoms with E-state index in [1.165, 1.54) is 0 Å². The van der Waals surface area contributed by atoms with E-state index in [1.54, 1.807) is 0 Å². The van der Waals surface area contributed by atoms with Gasteiger partial charge >= 0.3 is 5.97 Å². The number of nitro groups is 1. The lowest BCUT2D eigenvalue weighted by Gasteiger charge is -1.97. The van der Waals surface area contributed by atoms with Crippen LogP contribution in [-0.2, 0) is 6.54 Å². The number of hydrogen-bond acceptors (Lipinski definition) is 3. The van der Waals surface area contributed by atoms with Crippen LogP contribution in [0.5, 0.6) is 0 Å². The fourth-order valence-corrected chi connectivity index (χ4v) is 1.00. The maximum Gasteiger partial charge on any atom is 0.352 e. The van der Waals surface area contributed by atoms with Crippen LogP contribution in [-0.4, -0.2) is 20.6 Å². The number of aromatic carboxylic acids is 1. The van der Waals surface area contributed by atoms with Gasteiger partial charge in [0.25, 0.3) is 5.69 Å². The van der Waals surface area contributed by atoms with E-state index in [4.69, 9.17) is 11.5 Å². The van der Waals surface area contributed by atoms with Crippen molar-refractivity contribution >= 4 is 11.7 Å². The van der Waals surface area contributed by atoms with Crippen molar-refractivity contribution in [2.24, 2.45) is 0 Å². The van der Waals surface area contributed by atoms with Gasteiger partial charge in [0, 0.05) is 6.07 Å². The van der Waals surface area contributed by atoms with Crippen LogP contribution in [0.3, 0.4) is 0 Å². The summed E-state index contributed by atoms with van der Waals surface area (Å²) in [6.45, 7) is -0.00449. The molecule has 0 aromatic carbocycles. The van der Waals surface area contributed by atoms with E-state index in [9.17, 15) is 14.9 Å². The van der Waals surface area contributed by atoms with Gasteiger partial charge in [-0.2, -0.15) is 0 Å². The van der Waals surface area contributed by atoms with Crippen molar-refractivity contribution < 1.29 is 14.8 Å². The van der Waals surface area contributed by atoms with Crippen molar-refractivity contribution in [3.05, 3.63) is 28.1 Å². The SMILES string of the molecule is C#CCn1cc([N+](=O)[O-])cc1C(=O)O. The first-order valence-corrected chi connectivity index (χ1v) is 3.57. The van der Waals surface area contributed by atoms with Gasteiger partial charge in [-0.3, -0.25) is 10.1 Å². The maximum absolute atomic E-state index is 10.6. The van der Waals surface area contributed by atoms with E-state index in [1.807, 2.05) is 0 Å². The minimum Gasteiger partial charge on any atom is -0.477 e. The first kappa shape index (κ1) is 9.80. The van der Waals surface area contributed by atoms with Crippen LogP contribution in [0.1, 0.15) is 10.5 Å². The molecule has 0 saturated carbocycles. The summed E-state index contributed by atoms with van der Waals surface area (Å²) in [5.41, 5.74) is -0.465. The van der Waals surface area contributed by atoms with Crippen LogP contribution < -0.4 is 0 Å². The Bertz CT molecular complexity index is 427. The number of nitrogens with zero attached hydrogens (tertiary/aromatic N) is 2. The van der Waals surface area contributed by atoms with E-state index in [0.717, 1.165) is 16.8 Å². The molecule has 0 bridgehead atoms. The van der Waals surface area contributed by atoms with Crippen LogP contribution in [0.15, 0.2) is 12.3 Å². The summed E-state index contributed by atoms with van der Waals surface area (Å²) in [6.07, 6.45) is 6.08. The van der Waals surface area contributed by atoms with Gasteiger partial charge in [-0.1, -0.05) is 5.92 Å². The molecule has 72 valence electrons. The second kappa shape index (κ2) is 3.62. The highest BCUT2D eigenvalue weighted by Gasteiger charge is 2.17. The van der Waals surface area contributed by atoms with E-state index in [-0.39, 0.29) is 17.9 Å². The van der Waals surface area contributed by atoms with Gasteiger partial charge in [0.05, 0.1) is 17.7 Å². The van der Waals surface area contributed by atoms with Crippen LogP contribution in [0.2, 0.25) is 0 Å². The maximum atomic E-state index is 10.6. The fraction of sp³-hybridized carbons (Fsp3) is 0.125. The predicted octanol–water partition coefficient (Wildman–Crippen LogP) is 0.728. The third-order valence-corrected chi connectivity index (χ3v) is 1.57. The Morgan fingerprint density at radius 1 is 1.79 bits per heavy atom. The quantitative estimate of drug-likeness (QED) is 0.436. The minimum absolute atomic E-state index is 0.00449. The zero-order chi connectivity index (χ0) is 10.7. The van der Waals surface area contributed by atoms with E-state index in [2.05, 4.69) is 5.92 Å². The van der Waals surface area contributed by atoms with Crippen LogP contribution in [0, 0.1) is 22.5 Å². The van der Waals surface area contributed by atoms with E-state index in [0.29, 0.717) is 0 Å². The molecule has 14 heavy (non-hydrogen) atoms. The molecule has 0 radical (unpaired) electrons. The molecule has 0 aliphatic heterocycles. The van der Waals surface area contributed by atoms with Gasteiger partial charge in [-0.25, -0.2) is 4.79 Å². The van der Waals surface area contributed by atoms with Crippen molar-refractivity contribution in [2.75, 3.05) is 0 Å². The number of carboxylic acid groups (broad SMARTS) is 1. The summed E-state index contributed by atoms with van der Waals surface area (Å²) in [5.74, 6) is 0.966. The average Bonchev–Trinajstić information content (AvgIpc) is 2.49. The second-order valence-electron chi connectivity index (χ2n) is 2.48. The summed E-state index contributed by atoms with van der Waals surface area (Å²) >= 11 is 0. The number of hydrogen-bond donors (Lipinski definition) is 1. The molecule has 0 aliphatic rings. The lowest BCUT2D eigenvalue weighted by atomic mass is 10.4. The Morgan fingerprint density at radius 2 is 2.43 bits per heavy atom. The monoisotopic (exact) mass is 194 g/mol. The number of carboxylic acids is 1. The third-order valence-electron chi connectivity index (χ3n) is 1.57. The molecule has 0 aliphatic carbocycles. The zero-order valence-corrected chi connectivity index (χ0v) is 7.01. The van der Waals surface area contributed by atoms with Crippen molar-refractivity contribution in [3.8, 4) is 12.3 Å². The second-order valence-corrected chi connectivity index (χ2v) is 2.48. The van der Waals surface area contributed by atoms with Crippen molar-refractivity contribution in [3.63, 3.8) is 0 Å². The lowest BCUT2D eigenvalue weighted by Crippen LogP contribution is -2.06. The molecule has 0 unspecified atom stereocenters. The highest BCUT2D eigenvalue weighted by Crippen LogP contribution is 2.16. The van der Waals surface area contributed by atoms with Crippen LogP contribution in [0.25, 0.3) is 0 Å². The van der Waals surface area contributed by atoms with Crippen LogP contribution >= 0.6 is 0 Å². The van der Waals surface area contributed by atoms with Crippen molar-refractivity contribution in [1.82, 2.24) is 4.57 Å². The van der Waals surface area contributed by atoms with Crippen molar-refractivity contribution in [2.45, 2.75) is 6.54 Å². The molecule has 6 heteroatoms. The molecule has 6 nitrogen and oxygen atoms in total. The molecule has 0 spiro atoms. The highest BCUT2D eigenvalue weighted by molar-refractivity contribution is 5.86. The fourth-order valence-electron chi connectivity index (χ4n) is 1.00. The van der Waals surface area contributed by atoms with Gasteiger partial charge < -0.3 is 9.67 Å². The van der Waals surface area contributed by atoms with Crippen molar-refractivity contribution in [1.29, 1.82) is 0 Å². The molecule has 0 amide bonds. The van der Waals surface area contributed by atoms with Gasteiger partial charge in [0.15, 0.2) is 0 Å². The third kappa shape index (κ3) is 1.72. The van der Waals surface area contributed by atoms with Gasteiger partial charge in [0.1, 0.15) is 5.69 Å². The summed E-state index contributed by atoms with van der Waals surface area (Å²) in [6, 6.07) is 0.972. The van der Waals surface area contributed by atoms with E-state index >= 15 is 0 Å².